The van der Waals surface area contributed by atoms with Gasteiger partial charge >= 0.3 is 25.7 Å². The van der Waals surface area contributed by atoms with Gasteiger partial charge in [0.15, 0.2) is 0 Å². The molecule has 34 valence electrons. The molecule has 0 saturated heterocycles. The quantitative estimate of drug-likeness (QED) is 0.375. The molecule has 2 nitrogen and oxygen atoms in total. The summed E-state index contributed by atoms with van der Waals surface area (Å²) in [5, 5.41) is 0. The fraction of sp³-hybridized carbons (Fsp3) is 0. The summed E-state index contributed by atoms with van der Waals surface area (Å²) in [6.07, 6.45) is 0. The molecule has 0 fully saturated rings. The van der Waals surface area contributed by atoms with Crippen LogP contribution in [0, 0.1) is 0 Å². The zero-order chi connectivity index (χ0) is 2.71. The van der Waals surface area contributed by atoms with Gasteiger partial charge in [-0.2, -0.15) is 9.90 Å². The molecule has 5 heteroatoms. The van der Waals surface area contributed by atoms with Gasteiger partial charge in [0.25, 0.3) is 0 Å². The summed E-state index contributed by atoms with van der Waals surface area (Å²) in [5.74, 6) is 0. The van der Waals surface area contributed by atoms with Crippen LogP contribution in [0.2, 0.25) is 0 Å². The fourth-order valence-electron chi connectivity index (χ4n) is 0. The molecule has 0 aliphatic heterocycles. The van der Waals surface area contributed by atoms with Gasteiger partial charge in [-0.05, 0) is 0 Å². The molecule has 0 aromatic heterocycles. The zero-order valence-corrected chi connectivity index (χ0v) is 6.30. The topological polar surface area (TPSA) is 34.1 Å². The Kier molecular flexibility index (Phi) is 61.3. The molecule has 0 aliphatic rings. The summed E-state index contributed by atoms with van der Waals surface area (Å²) < 4.78 is 17.0. The van der Waals surface area contributed by atoms with Crippen molar-refractivity contribution in [3.63, 3.8) is 0 Å². The third-order valence-electron chi connectivity index (χ3n) is 0. The van der Waals surface area contributed by atoms with Gasteiger partial charge < -0.3 is 0 Å². The second kappa shape index (κ2) is 18.8. The molecule has 0 N–H and O–H groups in total. The Labute approximate surface area is 52.2 Å². The van der Waals surface area contributed by atoms with Gasteiger partial charge in [0.2, 0.25) is 0 Å². The van der Waals surface area contributed by atoms with E-state index < -0.39 is 19.1 Å². The molecule has 0 bridgehead atoms. The average Bonchev–Trinajstić information content (AvgIpc) is 0.918. The summed E-state index contributed by atoms with van der Waals surface area (Å²) >= 11 is -2.00. The van der Waals surface area contributed by atoms with Gasteiger partial charge in [-0.25, -0.2) is 0 Å². The Morgan fingerprint density at radius 3 is 1.20 bits per heavy atom. The van der Waals surface area contributed by atoms with E-state index >= 15 is 0 Å². The summed E-state index contributed by atoms with van der Waals surface area (Å²) in [5.41, 5.74) is 0. The maximum atomic E-state index is 8.50. The molecule has 0 aromatic rings. The van der Waals surface area contributed by atoms with E-state index in [-0.39, 0.29) is 26.4 Å². The number of hydrogen-bond acceptors (Lipinski definition) is 2. The van der Waals surface area contributed by atoms with Gasteiger partial charge in [-0.1, -0.05) is 0 Å². The molecular formula is H3NiO2PTi. The van der Waals surface area contributed by atoms with Crippen molar-refractivity contribution in [1.29, 1.82) is 0 Å². The van der Waals surface area contributed by atoms with Crippen LogP contribution in [0.25, 0.3) is 0 Å². The molecule has 5 heavy (non-hydrogen) atoms. The van der Waals surface area contributed by atoms with Crippen molar-refractivity contribution < 1.29 is 42.2 Å². The predicted octanol–water partition coefficient (Wildman–Crippen LogP) is -0.184. The van der Waals surface area contributed by atoms with E-state index in [1.54, 1.807) is 0 Å². The fourth-order valence-corrected chi connectivity index (χ4v) is 0. The SMILES string of the molecule is P.[Ni].[O]=[Ti]=[O]. The van der Waals surface area contributed by atoms with Crippen molar-refractivity contribution in [2.45, 2.75) is 0 Å². The second-order valence-electron chi connectivity index (χ2n) is 0.0833. The van der Waals surface area contributed by atoms with E-state index in [4.69, 9.17) is 6.65 Å². The number of rotatable bonds is 0. The first-order chi connectivity index (χ1) is 1.41. The average molecular weight is 173 g/mol. The van der Waals surface area contributed by atoms with Crippen molar-refractivity contribution in [2.75, 3.05) is 0 Å². The van der Waals surface area contributed by atoms with Gasteiger partial charge in [-0.3, -0.25) is 0 Å². The minimum atomic E-state index is -2.00. The van der Waals surface area contributed by atoms with Gasteiger partial charge in [-0.15, -0.1) is 0 Å². The van der Waals surface area contributed by atoms with Crippen LogP contribution in [-0.2, 0) is 42.2 Å². The first-order valence-corrected chi connectivity index (χ1v) is 1.68. The van der Waals surface area contributed by atoms with E-state index in [9.17, 15) is 0 Å². The molecule has 0 aromatic carbocycles. The number of hydrogen-bond donors (Lipinski definition) is 0. The molecule has 1 atom stereocenters. The minimum absolute atomic E-state index is 0. The Morgan fingerprint density at radius 2 is 1.20 bits per heavy atom. The van der Waals surface area contributed by atoms with E-state index in [0.717, 1.165) is 0 Å². The molecule has 0 rings (SSSR count). The van der Waals surface area contributed by atoms with Crippen molar-refractivity contribution in [3.05, 3.63) is 0 Å². The Balaban J connectivity index is -0.0000000200. The summed E-state index contributed by atoms with van der Waals surface area (Å²) in [6.45, 7) is 0. The van der Waals surface area contributed by atoms with Crippen molar-refractivity contribution >= 4 is 9.90 Å². The van der Waals surface area contributed by atoms with Crippen LogP contribution in [-0.4, -0.2) is 0 Å². The monoisotopic (exact) mass is 172 g/mol. The van der Waals surface area contributed by atoms with Crippen LogP contribution in [0.15, 0.2) is 0 Å². The third kappa shape index (κ3) is 35.8. The van der Waals surface area contributed by atoms with Crippen LogP contribution in [0.3, 0.4) is 0 Å². The van der Waals surface area contributed by atoms with Crippen LogP contribution in [0.1, 0.15) is 0 Å². The van der Waals surface area contributed by atoms with Gasteiger partial charge in [0.05, 0.1) is 0 Å². The molecule has 0 amide bonds. The molecular weight excluding hydrogens is 170 g/mol. The summed E-state index contributed by atoms with van der Waals surface area (Å²) in [4.78, 5) is 0. The Hall–Kier alpha value is 1.24. The first kappa shape index (κ1) is 16.3. The van der Waals surface area contributed by atoms with E-state index in [0.29, 0.717) is 0 Å². The summed E-state index contributed by atoms with van der Waals surface area (Å²) in [7, 11) is 0. The predicted molar refractivity (Wildman–Crippen MR) is 12.5 cm³/mol. The molecule has 0 heterocycles. The second-order valence-corrected chi connectivity index (χ2v) is 0.344. The van der Waals surface area contributed by atoms with Crippen molar-refractivity contribution in [2.24, 2.45) is 0 Å². The molecule has 0 aliphatic carbocycles. The van der Waals surface area contributed by atoms with Crippen LogP contribution >= 0.6 is 9.90 Å². The van der Waals surface area contributed by atoms with Crippen LogP contribution in [0.4, 0.5) is 0 Å². The van der Waals surface area contributed by atoms with Gasteiger partial charge in [0, 0.05) is 16.5 Å². The van der Waals surface area contributed by atoms with Crippen molar-refractivity contribution in [1.82, 2.24) is 0 Å². The maximum absolute atomic E-state index is 8.50. The third-order valence-corrected chi connectivity index (χ3v) is 0. The van der Waals surface area contributed by atoms with E-state index in [2.05, 4.69) is 0 Å². The van der Waals surface area contributed by atoms with Gasteiger partial charge in [0.1, 0.15) is 0 Å². The van der Waals surface area contributed by atoms with E-state index in [1.165, 1.54) is 0 Å². The van der Waals surface area contributed by atoms with Crippen molar-refractivity contribution in [3.8, 4) is 0 Å². The molecule has 1 unspecified atom stereocenters. The zero-order valence-electron chi connectivity index (χ0n) is 2.34. The Bertz CT molecular complexity index is 30.6. The van der Waals surface area contributed by atoms with Crippen LogP contribution in [0.5, 0.6) is 0 Å². The normalized spacial score (nSPS) is 1.60. The molecule has 0 saturated carbocycles. The first-order valence-electron chi connectivity index (χ1n) is 0.408. The Morgan fingerprint density at radius 1 is 1.20 bits per heavy atom. The standard InChI is InChI=1S/Ni.2O.H3P.Ti/h;;;1H3;. The molecule has 0 radical (unpaired) electrons. The van der Waals surface area contributed by atoms with E-state index in [1.807, 2.05) is 0 Å². The molecule has 0 spiro atoms. The summed E-state index contributed by atoms with van der Waals surface area (Å²) in [6, 6.07) is 0. The van der Waals surface area contributed by atoms with Crippen LogP contribution < -0.4 is 0 Å².